The molecule has 1 aromatic rings. The van der Waals surface area contributed by atoms with E-state index in [4.69, 9.17) is 28.6 Å². The van der Waals surface area contributed by atoms with Crippen LogP contribution >= 0.6 is 23.8 Å². The predicted octanol–water partition coefficient (Wildman–Crippen LogP) is 2.55. The lowest BCUT2D eigenvalue weighted by Gasteiger charge is -2.11. The topological polar surface area (TPSA) is 21.3 Å². The number of benzene rings is 1. The smallest absolute Gasteiger partial charge is 0.129 e. The molecule has 14 heavy (non-hydrogen) atoms. The number of nitrogens with one attached hydrogen (secondary N) is 1. The molecule has 4 heteroatoms. The number of rotatable bonds is 2. The zero-order chi connectivity index (χ0) is 10.7. The first-order valence-corrected chi connectivity index (χ1v) is 4.95. The van der Waals surface area contributed by atoms with Gasteiger partial charge >= 0.3 is 0 Å². The predicted molar refractivity (Wildman–Crippen MR) is 63.5 cm³/mol. The summed E-state index contributed by atoms with van der Waals surface area (Å²) in [6.45, 7) is 1.93. The molecule has 0 saturated carbocycles. The first-order chi connectivity index (χ1) is 6.60. The van der Waals surface area contributed by atoms with Crippen molar-refractivity contribution in [3.8, 4) is 5.75 Å². The second-order valence-electron chi connectivity index (χ2n) is 2.88. The van der Waals surface area contributed by atoms with E-state index in [-0.39, 0.29) is 0 Å². The number of hydrogen-bond donors (Lipinski definition) is 1. The lowest BCUT2D eigenvalue weighted by atomic mass is 10.1. The molecule has 76 valence electrons. The molecule has 0 saturated heterocycles. The Morgan fingerprint density at radius 1 is 1.50 bits per heavy atom. The third kappa shape index (κ3) is 2.16. The maximum atomic E-state index is 6.00. The molecule has 0 unspecified atom stereocenters. The molecule has 1 aromatic carbocycles. The van der Waals surface area contributed by atoms with Crippen LogP contribution in [0, 0.1) is 6.92 Å². The molecule has 0 aliphatic carbocycles. The minimum absolute atomic E-state index is 0.628. The van der Waals surface area contributed by atoms with Gasteiger partial charge in [-0.1, -0.05) is 23.8 Å². The summed E-state index contributed by atoms with van der Waals surface area (Å²) in [5.41, 5.74) is 1.80. The first-order valence-electron chi connectivity index (χ1n) is 4.16. The SMILES string of the molecule is CNC(=S)c1cc(Cl)c(C)cc1OC. The van der Waals surface area contributed by atoms with Crippen LogP contribution in [0.5, 0.6) is 5.75 Å². The van der Waals surface area contributed by atoms with Gasteiger partial charge in [-0.3, -0.25) is 0 Å². The van der Waals surface area contributed by atoms with Crippen molar-refractivity contribution in [3.63, 3.8) is 0 Å². The Morgan fingerprint density at radius 2 is 2.14 bits per heavy atom. The van der Waals surface area contributed by atoms with E-state index < -0.39 is 0 Å². The van der Waals surface area contributed by atoms with Crippen LogP contribution in [0.15, 0.2) is 12.1 Å². The number of methoxy groups -OCH3 is 1. The lowest BCUT2D eigenvalue weighted by molar-refractivity contribution is 0.413. The quantitative estimate of drug-likeness (QED) is 0.788. The zero-order valence-electron chi connectivity index (χ0n) is 8.35. The van der Waals surface area contributed by atoms with Crippen LogP contribution in [0.2, 0.25) is 5.02 Å². The highest BCUT2D eigenvalue weighted by atomic mass is 35.5. The molecular weight excluding hydrogens is 218 g/mol. The molecule has 0 aliphatic rings. The van der Waals surface area contributed by atoms with Gasteiger partial charge < -0.3 is 10.1 Å². The molecule has 0 heterocycles. The lowest BCUT2D eigenvalue weighted by Crippen LogP contribution is -2.17. The van der Waals surface area contributed by atoms with Gasteiger partial charge in [-0.05, 0) is 24.6 Å². The van der Waals surface area contributed by atoms with Gasteiger partial charge in [0.15, 0.2) is 0 Å². The van der Waals surface area contributed by atoms with Crippen molar-refractivity contribution in [2.75, 3.05) is 14.2 Å². The summed E-state index contributed by atoms with van der Waals surface area (Å²) in [6.07, 6.45) is 0. The minimum atomic E-state index is 0.628. The summed E-state index contributed by atoms with van der Waals surface area (Å²) in [7, 11) is 3.39. The highest BCUT2D eigenvalue weighted by Gasteiger charge is 2.09. The van der Waals surface area contributed by atoms with Gasteiger partial charge in [0.25, 0.3) is 0 Å². The Bertz CT molecular complexity index is 365. The van der Waals surface area contributed by atoms with Gasteiger partial charge in [0, 0.05) is 12.1 Å². The molecular formula is C10H12ClNOS. The fourth-order valence-electron chi connectivity index (χ4n) is 1.14. The average molecular weight is 230 g/mol. The third-order valence-electron chi connectivity index (χ3n) is 1.95. The third-order valence-corrected chi connectivity index (χ3v) is 2.78. The van der Waals surface area contributed by atoms with E-state index in [0.29, 0.717) is 10.0 Å². The van der Waals surface area contributed by atoms with E-state index in [1.165, 1.54) is 0 Å². The van der Waals surface area contributed by atoms with Crippen LogP contribution in [-0.4, -0.2) is 19.1 Å². The number of ether oxygens (including phenoxy) is 1. The molecule has 0 aliphatic heterocycles. The van der Waals surface area contributed by atoms with Crippen LogP contribution in [0.1, 0.15) is 11.1 Å². The Labute approximate surface area is 94.2 Å². The molecule has 1 N–H and O–H groups in total. The Morgan fingerprint density at radius 3 is 2.64 bits per heavy atom. The summed E-state index contributed by atoms with van der Waals surface area (Å²) < 4.78 is 5.22. The molecule has 0 bridgehead atoms. The van der Waals surface area contributed by atoms with Gasteiger partial charge in [0.05, 0.1) is 12.7 Å². The normalized spacial score (nSPS) is 9.71. The number of aryl methyl sites for hydroxylation is 1. The maximum Gasteiger partial charge on any atom is 0.129 e. The molecule has 0 fully saturated rings. The van der Waals surface area contributed by atoms with E-state index in [2.05, 4.69) is 5.32 Å². The van der Waals surface area contributed by atoms with E-state index in [1.54, 1.807) is 14.2 Å². The molecule has 0 spiro atoms. The van der Waals surface area contributed by atoms with Gasteiger partial charge in [-0.15, -0.1) is 0 Å². The summed E-state index contributed by atoms with van der Waals surface area (Å²) in [6, 6.07) is 3.69. The summed E-state index contributed by atoms with van der Waals surface area (Å²) in [5.74, 6) is 0.742. The van der Waals surface area contributed by atoms with Crippen molar-refractivity contribution in [3.05, 3.63) is 28.3 Å². The van der Waals surface area contributed by atoms with Gasteiger partial charge in [-0.25, -0.2) is 0 Å². The van der Waals surface area contributed by atoms with E-state index in [9.17, 15) is 0 Å². The van der Waals surface area contributed by atoms with E-state index in [0.717, 1.165) is 16.9 Å². The number of hydrogen-bond acceptors (Lipinski definition) is 2. The van der Waals surface area contributed by atoms with Gasteiger partial charge in [0.1, 0.15) is 10.7 Å². The van der Waals surface area contributed by atoms with Crippen LogP contribution in [0.4, 0.5) is 0 Å². The fourth-order valence-corrected chi connectivity index (χ4v) is 1.46. The van der Waals surface area contributed by atoms with Crippen molar-refractivity contribution < 1.29 is 4.74 Å². The second kappa shape index (κ2) is 4.62. The van der Waals surface area contributed by atoms with Crippen LogP contribution in [0.25, 0.3) is 0 Å². The Kier molecular flexibility index (Phi) is 3.72. The van der Waals surface area contributed by atoms with Crippen molar-refractivity contribution in [1.29, 1.82) is 0 Å². The van der Waals surface area contributed by atoms with Crippen molar-refractivity contribution in [2.24, 2.45) is 0 Å². The Balaban J connectivity index is 3.27. The number of thiocarbonyl (C=S) groups is 1. The standard InChI is InChI=1S/C10H12ClNOS/c1-6-4-9(13-3)7(5-8(6)11)10(14)12-2/h4-5H,1-3H3,(H,12,14). The molecule has 2 nitrogen and oxygen atoms in total. The highest BCUT2D eigenvalue weighted by molar-refractivity contribution is 7.80. The zero-order valence-corrected chi connectivity index (χ0v) is 9.92. The summed E-state index contributed by atoms with van der Waals surface area (Å²) in [4.78, 5) is 0.628. The van der Waals surface area contributed by atoms with Crippen LogP contribution in [-0.2, 0) is 0 Å². The van der Waals surface area contributed by atoms with Gasteiger partial charge in [-0.2, -0.15) is 0 Å². The van der Waals surface area contributed by atoms with Crippen molar-refractivity contribution >= 4 is 28.8 Å². The monoisotopic (exact) mass is 229 g/mol. The molecule has 0 aromatic heterocycles. The van der Waals surface area contributed by atoms with Crippen LogP contribution < -0.4 is 10.1 Å². The summed E-state index contributed by atoms with van der Waals surface area (Å²) in [5, 5.41) is 3.59. The number of halogens is 1. The fraction of sp³-hybridized carbons (Fsp3) is 0.300. The average Bonchev–Trinajstić information content (AvgIpc) is 2.20. The molecule has 0 amide bonds. The van der Waals surface area contributed by atoms with Crippen molar-refractivity contribution in [1.82, 2.24) is 5.32 Å². The van der Waals surface area contributed by atoms with E-state index >= 15 is 0 Å². The maximum absolute atomic E-state index is 6.00. The molecule has 1 rings (SSSR count). The van der Waals surface area contributed by atoms with Crippen LogP contribution in [0.3, 0.4) is 0 Å². The van der Waals surface area contributed by atoms with Gasteiger partial charge in [0.2, 0.25) is 0 Å². The first kappa shape index (κ1) is 11.3. The largest absolute Gasteiger partial charge is 0.496 e. The second-order valence-corrected chi connectivity index (χ2v) is 3.70. The van der Waals surface area contributed by atoms with E-state index in [1.807, 2.05) is 19.1 Å². The van der Waals surface area contributed by atoms with Crippen molar-refractivity contribution in [2.45, 2.75) is 6.92 Å². The Hall–Kier alpha value is -0.800. The molecule has 0 atom stereocenters. The summed E-state index contributed by atoms with van der Waals surface area (Å²) >= 11 is 11.1. The minimum Gasteiger partial charge on any atom is -0.496 e. The molecule has 0 radical (unpaired) electrons. The highest BCUT2D eigenvalue weighted by Crippen LogP contribution is 2.26.